The summed E-state index contributed by atoms with van der Waals surface area (Å²) in [7, 11) is 0. The normalized spacial score (nSPS) is 11.5. The molecule has 0 aliphatic heterocycles. The summed E-state index contributed by atoms with van der Waals surface area (Å²) in [6.07, 6.45) is 0. The highest BCUT2D eigenvalue weighted by molar-refractivity contribution is 6.01. The van der Waals surface area contributed by atoms with Crippen LogP contribution >= 0.6 is 0 Å². The number of hydrogen-bond donors (Lipinski definition) is 3. The smallest absolute Gasteiger partial charge is 0.257 e. The van der Waals surface area contributed by atoms with Crippen molar-refractivity contribution < 1.29 is 23.5 Å². The Kier molecular flexibility index (Phi) is 8.34. The highest BCUT2D eigenvalue weighted by Gasteiger charge is 2.25. The molecule has 2 rings (SSSR count). The highest BCUT2D eigenvalue weighted by Crippen LogP contribution is 2.17. The first-order valence-corrected chi connectivity index (χ1v) is 9.67. The maximum Gasteiger partial charge on any atom is 0.257 e. The fourth-order valence-electron chi connectivity index (χ4n) is 2.65. The van der Waals surface area contributed by atoms with Gasteiger partial charge < -0.3 is 20.7 Å². The molecule has 0 saturated carbocycles. The Morgan fingerprint density at radius 1 is 1.03 bits per heavy atom. The molecule has 8 heteroatoms. The topological polar surface area (TPSA) is 96.5 Å². The minimum absolute atomic E-state index is 0.100. The van der Waals surface area contributed by atoms with Crippen LogP contribution in [0.25, 0.3) is 0 Å². The summed E-state index contributed by atoms with van der Waals surface area (Å²) in [4.78, 5) is 36.5. The van der Waals surface area contributed by atoms with Gasteiger partial charge in [0.25, 0.3) is 11.8 Å². The Balaban J connectivity index is 1.98. The summed E-state index contributed by atoms with van der Waals surface area (Å²) in [6, 6.07) is 11.2. The van der Waals surface area contributed by atoms with E-state index < -0.39 is 23.7 Å². The summed E-state index contributed by atoms with van der Waals surface area (Å²) in [6.45, 7) is 5.81. The maximum absolute atomic E-state index is 13.8. The number of carbonyl (C=O) groups is 3. The minimum Gasteiger partial charge on any atom is -0.484 e. The van der Waals surface area contributed by atoms with Gasteiger partial charge in [0.2, 0.25) is 5.91 Å². The fraction of sp³-hybridized carbons (Fsp3) is 0.318. The summed E-state index contributed by atoms with van der Waals surface area (Å²) in [5.74, 6) is -1.70. The second kappa shape index (κ2) is 10.9. The number of halogens is 1. The molecular weight excluding hydrogens is 389 g/mol. The van der Waals surface area contributed by atoms with Crippen LogP contribution in [0.1, 0.15) is 31.1 Å². The van der Waals surface area contributed by atoms with Gasteiger partial charge in [-0.15, -0.1) is 0 Å². The van der Waals surface area contributed by atoms with Gasteiger partial charge >= 0.3 is 0 Å². The molecule has 3 amide bonds. The Morgan fingerprint density at radius 2 is 1.70 bits per heavy atom. The van der Waals surface area contributed by atoms with Gasteiger partial charge in [0.1, 0.15) is 17.6 Å². The Labute approximate surface area is 175 Å². The lowest BCUT2D eigenvalue weighted by atomic mass is 10.0. The molecule has 0 aliphatic carbocycles. The average Bonchev–Trinajstić information content (AvgIpc) is 2.71. The molecule has 0 radical (unpaired) electrons. The predicted molar refractivity (Wildman–Crippen MR) is 112 cm³/mol. The van der Waals surface area contributed by atoms with Crippen molar-refractivity contribution in [2.24, 2.45) is 5.92 Å². The molecule has 0 fully saturated rings. The van der Waals surface area contributed by atoms with Crippen LogP contribution in [0.4, 0.5) is 10.1 Å². The lowest BCUT2D eigenvalue weighted by molar-refractivity contribution is -0.123. The Bertz CT molecular complexity index is 884. The largest absolute Gasteiger partial charge is 0.484 e. The molecule has 2 aromatic rings. The van der Waals surface area contributed by atoms with E-state index in [-0.39, 0.29) is 24.0 Å². The number of benzene rings is 2. The second-order valence-corrected chi connectivity index (χ2v) is 6.93. The maximum atomic E-state index is 13.8. The van der Waals surface area contributed by atoms with Crippen LogP contribution in [0.2, 0.25) is 0 Å². The molecule has 0 aliphatic rings. The molecule has 0 heterocycles. The van der Waals surface area contributed by atoms with Gasteiger partial charge in [-0.25, -0.2) is 4.39 Å². The fourth-order valence-corrected chi connectivity index (χ4v) is 2.65. The number of rotatable bonds is 9. The molecule has 0 saturated heterocycles. The zero-order chi connectivity index (χ0) is 22.1. The SMILES string of the molecule is CCNC(=O)COc1ccc(NC(=O)C(NC(=O)c2ccccc2F)C(C)C)cc1. The van der Waals surface area contributed by atoms with Crippen LogP contribution in [0.3, 0.4) is 0 Å². The van der Waals surface area contributed by atoms with Crippen LogP contribution in [-0.2, 0) is 9.59 Å². The quantitative estimate of drug-likeness (QED) is 0.587. The molecule has 0 bridgehead atoms. The zero-order valence-corrected chi connectivity index (χ0v) is 17.2. The van der Waals surface area contributed by atoms with E-state index in [0.717, 1.165) is 0 Å². The molecular formula is C22H26FN3O4. The molecule has 2 aromatic carbocycles. The van der Waals surface area contributed by atoms with Gasteiger partial charge in [-0.1, -0.05) is 26.0 Å². The van der Waals surface area contributed by atoms with Crippen LogP contribution in [-0.4, -0.2) is 36.9 Å². The van der Waals surface area contributed by atoms with E-state index in [4.69, 9.17) is 4.74 Å². The van der Waals surface area contributed by atoms with Gasteiger partial charge in [0.05, 0.1) is 5.56 Å². The Morgan fingerprint density at radius 3 is 2.30 bits per heavy atom. The van der Waals surface area contributed by atoms with E-state index in [1.165, 1.54) is 18.2 Å². The van der Waals surface area contributed by atoms with Crippen molar-refractivity contribution in [2.75, 3.05) is 18.5 Å². The molecule has 1 atom stereocenters. The van der Waals surface area contributed by atoms with E-state index in [0.29, 0.717) is 18.0 Å². The standard InChI is InChI=1S/C22H26FN3O4/c1-4-24-19(27)13-30-16-11-9-15(10-12-16)25-22(29)20(14(2)3)26-21(28)17-7-5-6-8-18(17)23/h5-12,14,20H,4,13H2,1-3H3,(H,24,27)(H,25,29)(H,26,28). The minimum atomic E-state index is -0.856. The van der Waals surface area contributed by atoms with Gasteiger partial charge in [-0.05, 0) is 49.2 Å². The van der Waals surface area contributed by atoms with Crippen molar-refractivity contribution in [3.05, 3.63) is 59.9 Å². The van der Waals surface area contributed by atoms with Crippen molar-refractivity contribution in [3.8, 4) is 5.75 Å². The molecule has 7 nitrogen and oxygen atoms in total. The van der Waals surface area contributed by atoms with Crippen molar-refractivity contribution in [2.45, 2.75) is 26.8 Å². The first-order valence-electron chi connectivity index (χ1n) is 9.67. The molecule has 160 valence electrons. The Hall–Kier alpha value is -3.42. The third-order valence-corrected chi connectivity index (χ3v) is 4.22. The lowest BCUT2D eigenvalue weighted by Gasteiger charge is -2.22. The van der Waals surface area contributed by atoms with E-state index in [2.05, 4.69) is 16.0 Å². The number of hydrogen-bond acceptors (Lipinski definition) is 4. The highest BCUT2D eigenvalue weighted by atomic mass is 19.1. The van der Waals surface area contributed by atoms with Crippen LogP contribution in [0.15, 0.2) is 48.5 Å². The number of amides is 3. The number of nitrogens with one attached hydrogen (secondary N) is 3. The molecule has 30 heavy (non-hydrogen) atoms. The summed E-state index contributed by atoms with van der Waals surface area (Å²) in [5.41, 5.74) is 0.376. The zero-order valence-electron chi connectivity index (χ0n) is 17.2. The van der Waals surface area contributed by atoms with Crippen molar-refractivity contribution in [1.82, 2.24) is 10.6 Å². The van der Waals surface area contributed by atoms with Gasteiger partial charge in [0.15, 0.2) is 6.61 Å². The molecule has 1 unspecified atom stereocenters. The van der Waals surface area contributed by atoms with Gasteiger partial charge in [0, 0.05) is 12.2 Å². The summed E-state index contributed by atoms with van der Waals surface area (Å²) in [5, 5.41) is 7.94. The lowest BCUT2D eigenvalue weighted by Crippen LogP contribution is -2.47. The number of carbonyl (C=O) groups excluding carboxylic acids is 3. The van der Waals surface area contributed by atoms with Crippen molar-refractivity contribution >= 4 is 23.4 Å². The molecule has 3 N–H and O–H groups in total. The van der Waals surface area contributed by atoms with E-state index >= 15 is 0 Å². The summed E-state index contributed by atoms with van der Waals surface area (Å²) >= 11 is 0. The van der Waals surface area contributed by atoms with E-state index in [1.807, 2.05) is 6.92 Å². The molecule has 0 spiro atoms. The number of ether oxygens (including phenoxy) is 1. The van der Waals surface area contributed by atoms with Crippen LogP contribution in [0, 0.1) is 11.7 Å². The first kappa shape index (κ1) is 22.9. The third kappa shape index (κ3) is 6.58. The van der Waals surface area contributed by atoms with Crippen molar-refractivity contribution in [1.29, 1.82) is 0 Å². The molecule has 0 aromatic heterocycles. The number of anilines is 1. The predicted octanol–water partition coefficient (Wildman–Crippen LogP) is 2.73. The van der Waals surface area contributed by atoms with E-state index in [1.54, 1.807) is 44.2 Å². The van der Waals surface area contributed by atoms with Gasteiger partial charge in [-0.2, -0.15) is 0 Å². The van der Waals surface area contributed by atoms with Crippen molar-refractivity contribution in [3.63, 3.8) is 0 Å². The van der Waals surface area contributed by atoms with Crippen LogP contribution < -0.4 is 20.7 Å². The average molecular weight is 415 g/mol. The number of likely N-dealkylation sites (N-methyl/N-ethyl adjacent to an activating group) is 1. The third-order valence-electron chi connectivity index (χ3n) is 4.22. The summed E-state index contributed by atoms with van der Waals surface area (Å²) < 4.78 is 19.2. The first-order chi connectivity index (χ1) is 14.3. The van der Waals surface area contributed by atoms with Gasteiger partial charge in [-0.3, -0.25) is 14.4 Å². The second-order valence-electron chi connectivity index (χ2n) is 6.93. The monoisotopic (exact) mass is 415 g/mol. The van der Waals surface area contributed by atoms with Crippen LogP contribution in [0.5, 0.6) is 5.75 Å². The van der Waals surface area contributed by atoms with E-state index in [9.17, 15) is 18.8 Å².